The average molecular weight is 389 g/mol. The minimum atomic E-state index is -0.500. The summed E-state index contributed by atoms with van der Waals surface area (Å²) in [5.74, 6) is -1.41. The van der Waals surface area contributed by atoms with Crippen LogP contribution in [0.4, 0.5) is 5.69 Å². The van der Waals surface area contributed by atoms with E-state index < -0.39 is 17.8 Å². The minimum absolute atomic E-state index is 0.236. The lowest BCUT2D eigenvalue weighted by Gasteiger charge is -2.07. The monoisotopic (exact) mass is 389 g/mol. The van der Waals surface area contributed by atoms with Gasteiger partial charge in [0, 0.05) is 11.3 Å². The fraction of sp³-hybridized carbons (Fsp3) is 0.350. The van der Waals surface area contributed by atoms with E-state index in [1.807, 2.05) is 37.3 Å². The average Bonchev–Trinajstić information content (AvgIpc) is 3.09. The smallest absolute Gasteiger partial charge is 0.350 e. The zero-order valence-corrected chi connectivity index (χ0v) is 16.3. The van der Waals surface area contributed by atoms with Crippen LogP contribution in [0, 0.1) is 0 Å². The molecule has 0 aliphatic heterocycles. The molecule has 0 saturated heterocycles. The van der Waals surface area contributed by atoms with Crippen molar-refractivity contribution in [2.75, 3.05) is 18.5 Å². The van der Waals surface area contributed by atoms with E-state index in [0.29, 0.717) is 10.6 Å². The van der Waals surface area contributed by atoms with Crippen LogP contribution in [0.5, 0.6) is 0 Å². The number of benzene rings is 1. The highest BCUT2D eigenvalue weighted by atomic mass is 32.1. The Morgan fingerprint density at radius 2 is 1.81 bits per heavy atom. The van der Waals surface area contributed by atoms with Gasteiger partial charge in [-0.1, -0.05) is 43.7 Å². The number of rotatable bonds is 9. The highest BCUT2D eigenvalue weighted by Crippen LogP contribution is 2.35. The molecule has 1 amide bonds. The first kappa shape index (κ1) is 20.6. The number of esters is 2. The van der Waals surface area contributed by atoms with Crippen molar-refractivity contribution < 1.29 is 23.9 Å². The second kappa shape index (κ2) is 10.5. The maximum atomic E-state index is 12.2. The summed E-state index contributed by atoms with van der Waals surface area (Å²) in [7, 11) is 0. The Kier molecular flexibility index (Phi) is 8.00. The van der Waals surface area contributed by atoms with Crippen molar-refractivity contribution in [3.63, 3.8) is 0 Å². The van der Waals surface area contributed by atoms with Crippen LogP contribution in [0.15, 0.2) is 36.4 Å². The number of hydrogen-bond acceptors (Lipinski definition) is 6. The number of ether oxygens (including phenoxy) is 2. The molecule has 0 fully saturated rings. The van der Waals surface area contributed by atoms with E-state index in [4.69, 9.17) is 9.47 Å². The quantitative estimate of drug-likeness (QED) is 0.648. The Labute approximate surface area is 162 Å². The predicted molar refractivity (Wildman–Crippen MR) is 105 cm³/mol. The van der Waals surface area contributed by atoms with Crippen LogP contribution in [0.1, 0.15) is 42.8 Å². The fourth-order valence-corrected chi connectivity index (χ4v) is 3.32. The number of unbranched alkanes of at least 4 members (excludes halogenated alkanes) is 1. The van der Waals surface area contributed by atoms with Crippen molar-refractivity contribution in [2.45, 2.75) is 33.1 Å². The van der Waals surface area contributed by atoms with Crippen molar-refractivity contribution in [1.29, 1.82) is 0 Å². The van der Waals surface area contributed by atoms with Gasteiger partial charge < -0.3 is 14.8 Å². The van der Waals surface area contributed by atoms with E-state index in [-0.39, 0.29) is 19.6 Å². The SMILES string of the molecule is CCCCC(=O)OCC(=O)Nc1cc(-c2ccccc2)sc1C(=O)OCC. The van der Waals surface area contributed by atoms with E-state index in [2.05, 4.69) is 5.32 Å². The summed E-state index contributed by atoms with van der Waals surface area (Å²) >= 11 is 1.24. The van der Waals surface area contributed by atoms with Gasteiger partial charge in [0.25, 0.3) is 5.91 Å². The molecule has 0 aliphatic carbocycles. The fourth-order valence-electron chi connectivity index (χ4n) is 2.30. The molecule has 1 aromatic carbocycles. The topological polar surface area (TPSA) is 81.7 Å². The lowest BCUT2D eigenvalue weighted by atomic mass is 10.2. The van der Waals surface area contributed by atoms with Crippen molar-refractivity contribution in [3.05, 3.63) is 41.3 Å². The highest BCUT2D eigenvalue weighted by molar-refractivity contribution is 7.18. The van der Waals surface area contributed by atoms with Gasteiger partial charge in [-0.05, 0) is 25.0 Å². The molecule has 0 unspecified atom stereocenters. The van der Waals surface area contributed by atoms with E-state index in [9.17, 15) is 14.4 Å². The molecular formula is C20H23NO5S. The second-order valence-corrected chi connectivity index (χ2v) is 6.80. The Bertz CT molecular complexity index is 785. The Morgan fingerprint density at radius 1 is 1.07 bits per heavy atom. The van der Waals surface area contributed by atoms with Gasteiger partial charge in [0.15, 0.2) is 6.61 Å². The molecule has 1 N–H and O–H groups in total. The Balaban J connectivity index is 2.11. The molecule has 1 aromatic heterocycles. The number of thiophene rings is 1. The number of carbonyl (C=O) groups is 3. The largest absolute Gasteiger partial charge is 0.462 e. The summed E-state index contributed by atoms with van der Waals surface area (Å²) in [6.07, 6.45) is 1.88. The van der Waals surface area contributed by atoms with E-state index >= 15 is 0 Å². The third-order valence-electron chi connectivity index (χ3n) is 3.62. The van der Waals surface area contributed by atoms with Gasteiger partial charge in [0.1, 0.15) is 4.88 Å². The van der Waals surface area contributed by atoms with Crippen molar-refractivity contribution in [2.24, 2.45) is 0 Å². The van der Waals surface area contributed by atoms with Crippen LogP contribution in [-0.2, 0) is 19.1 Å². The van der Waals surface area contributed by atoms with Gasteiger partial charge in [-0.15, -0.1) is 11.3 Å². The number of amides is 1. The van der Waals surface area contributed by atoms with Gasteiger partial charge in [-0.3, -0.25) is 9.59 Å². The van der Waals surface area contributed by atoms with Crippen molar-refractivity contribution in [3.8, 4) is 10.4 Å². The van der Waals surface area contributed by atoms with Crippen LogP contribution in [-0.4, -0.2) is 31.1 Å². The van der Waals surface area contributed by atoms with Crippen LogP contribution in [0.2, 0.25) is 0 Å². The standard InChI is InChI=1S/C20H23NO5S/c1-3-5-11-18(23)26-13-17(22)21-15-12-16(14-9-7-6-8-10-14)27-19(15)20(24)25-4-2/h6-10,12H,3-5,11,13H2,1-2H3,(H,21,22). The third kappa shape index (κ3) is 6.21. The molecule has 0 saturated carbocycles. The lowest BCUT2D eigenvalue weighted by Crippen LogP contribution is -2.21. The molecule has 2 aromatic rings. The third-order valence-corrected chi connectivity index (χ3v) is 4.79. The summed E-state index contributed by atoms with van der Waals surface area (Å²) in [4.78, 5) is 37.0. The molecular weight excluding hydrogens is 366 g/mol. The number of nitrogens with one attached hydrogen (secondary N) is 1. The molecule has 0 bridgehead atoms. The van der Waals surface area contributed by atoms with Gasteiger partial charge in [-0.25, -0.2) is 4.79 Å². The first-order valence-corrected chi connectivity index (χ1v) is 9.68. The van der Waals surface area contributed by atoms with Crippen LogP contribution < -0.4 is 5.32 Å². The molecule has 0 atom stereocenters. The zero-order valence-electron chi connectivity index (χ0n) is 15.4. The maximum Gasteiger partial charge on any atom is 0.350 e. The Hall–Kier alpha value is -2.67. The molecule has 27 heavy (non-hydrogen) atoms. The normalized spacial score (nSPS) is 10.3. The van der Waals surface area contributed by atoms with Crippen LogP contribution in [0.3, 0.4) is 0 Å². The van der Waals surface area contributed by atoms with Gasteiger partial charge >= 0.3 is 11.9 Å². The first-order valence-electron chi connectivity index (χ1n) is 8.87. The molecule has 0 radical (unpaired) electrons. The summed E-state index contributed by atoms with van der Waals surface area (Å²) in [6, 6.07) is 11.3. The summed E-state index contributed by atoms with van der Waals surface area (Å²) in [5, 5.41) is 2.64. The molecule has 1 heterocycles. The number of carbonyl (C=O) groups excluding carboxylic acids is 3. The summed E-state index contributed by atoms with van der Waals surface area (Å²) < 4.78 is 10.0. The molecule has 0 spiro atoms. The lowest BCUT2D eigenvalue weighted by molar-refractivity contribution is -0.147. The minimum Gasteiger partial charge on any atom is -0.462 e. The molecule has 0 aliphatic rings. The summed E-state index contributed by atoms with van der Waals surface area (Å²) in [5.41, 5.74) is 1.28. The van der Waals surface area contributed by atoms with Gasteiger partial charge in [0.2, 0.25) is 0 Å². The summed E-state index contributed by atoms with van der Waals surface area (Å²) in [6.45, 7) is 3.54. The van der Waals surface area contributed by atoms with Crippen LogP contribution >= 0.6 is 11.3 Å². The Morgan fingerprint density at radius 3 is 2.48 bits per heavy atom. The van der Waals surface area contributed by atoms with E-state index in [1.165, 1.54) is 11.3 Å². The molecule has 2 rings (SSSR count). The van der Waals surface area contributed by atoms with Gasteiger partial charge in [0.05, 0.1) is 12.3 Å². The number of hydrogen-bond donors (Lipinski definition) is 1. The molecule has 144 valence electrons. The van der Waals surface area contributed by atoms with Gasteiger partial charge in [-0.2, -0.15) is 0 Å². The maximum absolute atomic E-state index is 12.2. The first-order chi connectivity index (χ1) is 13.0. The number of anilines is 1. The predicted octanol–water partition coefficient (Wildman–Crippen LogP) is 4.26. The van der Waals surface area contributed by atoms with Crippen molar-refractivity contribution in [1.82, 2.24) is 0 Å². The zero-order chi connectivity index (χ0) is 19.6. The molecule has 7 heteroatoms. The molecule has 6 nitrogen and oxygen atoms in total. The second-order valence-electron chi connectivity index (χ2n) is 5.75. The highest BCUT2D eigenvalue weighted by Gasteiger charge is 2.20. The van der Waals surface area contributed by atoms with E-state index in [0.717, 1.165) is 23.3 Å². The van der Waals surface area contributed by atoms with E-state index in [1.54, 1.807) is 13.0 Å². The van der Waals surface area contributed by atoms with Crippen molar-refractivity contribution >= 4 is 34.9 Å². The van der Waals surface area contributed by atoms with Crippen LogP contribution in [0.25, 0.3) is 10.4 Å².